The van der Waals surface area contributed by atoms with E-state index in [2.05, 4.69) is 5.32 Å². The molecule has 0 radical (unpaired) electrons. The van der Waals surface area contributed by atoms with E-state index in [1.807, 2.05) is 45.0 Å². The van der Waals surface area contributed by atoms with E-state index in [1.54, 1.807) is 0 Å². The summed E-state index contributed by atoms with van der Waals surface area (Å²) in [5.74, 6) is -0.755. The molecule has 0 saturated carbocycles. The maximum Gasteiger partial charge on any atom is 0.326 e. The molecular weight excluding hydrogens is 190 g/mol. The van der Waals surface area contributed by atoms with Gasteiger partial charge >= 0.3 is 5.97 Å². The van der Waals surface area contributed by atoms with Crippen LogP contribution in [0.4, 0.5) is 5.69 Å². The maximum atomic E-state index is 10.9. The number of carboxylic acid groups (broad SMARTS) is 1. The van der Waals surface area contributed by atoms with Gasteiger partial charge in [-0.15, -0.1) is 0 Å². The van der Waals surface area contributed by atoms with Gasteiger partial charge in [0.2, 0.25) is 0 Å². The standard InChI is InChI=1S/C12H17NO2/c1-8(2)11(12(14)15)13-10-6-4-9(3)5-7-10/h4-8,11,13H,1-3H3,(H,14,15)/t11-/m0/s1. The number of carboxylic acids is 1. The second-order valence-electron chi connectivity index (χ2n) is 4.07. The van der Waals surface area contributed by atoms with Gasteiger partial charge in [0.1, 0.15) is 6.04 Å². The number of aliphatic carboxylic acids is 1. The minimum atomic E-state index is -0.814. The fourth-order valence-electron chi connectivity index (χ4n) is 1.34. The van der Waals surface area contributed by atoms with E-state index in [-0.39, 0.29) is 5.92 Å². The van der Waals surface area contributed by atoms with Crippen LogP contribution in [-0.2, 0) is 4.79 Å². The van der Waals surface area contributed by atoms with Gasteiger partial charge in [-0.3, -0.25) is 0 Å². The Bertz CT molecular complexity index is 330. The predicted octanol–water partition coefficient (Wildman–Crippen LogP) is 2.52. The van der Waals surface area contributed by atoms with E-state index in [0.717, 1.165) is 11.3 Å². The van der Waals surface area contributed by atoms with Crippen LogP contribution < -0.4 is 5.32 Å². The van der Waals surface area contributed by atoms with Crippen LogP contribution in [0.1, 0.15) is 19.4 Å². The van der Waals surface area contributed by atoms with E-state index in [0.29, 0.717) is 0 Å². The van der Waals surface area contributed by atoms with E-state index in [4.69, 9.17) is 5.11 Å². The van der Waals surface area contributed by atoms with Crippen LogP contribution >= 0.6 is 0 Å². The molecule has 1 atom stereocenters. The molecule has 1 rings (SSSR count). The van der Waals surface area contributed by atoms with Gasteiger partial charge < -0.3 is 10.4 Å². The largest absolute Gasteiger partial charge is 0.480 e. The Labute approximate surface area is 90.1 Å². The molecule has 82 valence electrons. The molecule has 0 aliphatic rings. The second-order valence-corrected chi connectivity index (χ2v) is 4.07. The highest BCUT2D eigenvalue weighted by Crippen LogP contribution is 2.13. The topological polar surface area (TPSA) is 49.3 Å². The van der Waals surface area contributed by atoms with Crippen molar-refractivity contribution >= 4 is 11.7 Å². The molecule has 3 heteroatoms. The van der Waals surface area contributed by atoms with Gasteiger partial charge in [0.25, 0.3) is 0 Å². The van der Waals surface area contributed by atoms with Gasteiger partial charge in [0.15, 0.2) is 0 Å². The Morgan fingerprint density at radius 2 is 1.80 bits per heavy atom. The Balaban J connectivity index is 2.74. The Morgan fingerprint density at radius 1 is 1.27 bits per heavy atom. The summed E-state index contributed by atoms with van der Waals surface area (Å²) in [5.41, 5.74) is 2.01. The zero-order valence-electron chi connectivity index (χ0n) is 9.32. The van der Waals surface area contributed by atoms with Crippen molar-refractivity contribution < 1.29 is 9.90 Å². The molecular formula is C12H17NO2. The van der Waals surface area contributed by atoms with Crippen LogP contribution in [0.25, 0.3) is 0 Å². The minimum Gasteiger partial charge on any atom is -0.480 e. The van der Waals surface area contributed by atoms with E-state index in [9.17, 15) is 4.79 Å². The number of hydrogen-bond donors (Lipinski definition) is 2. The van der Waals surface area contributed by atoms with Crippen LogP contribution in [0.5, 0.6) is 0 Å². The first kappa shape index (κ1) is 11.6. The van der Waals surface area contributed by atoms with Gasteiger partial charge in [-0.1, -0.05) is 31.5 Å². The lowest BCUT2D eigenvalue weighted by Crippen LogP contribution is -2.34. The van der Waals surface area contributed by atoms with Crippen LogP contribution in [0.3, 0.4) is 0 Å². The van der Waals surface area contributed by atoms with Crippen LogP contribution in [0.15, 0.2) is 24.3 Å². The number of rotatable bonds is 4. The summed E-state index contributed by atoms with van der Waals surface area (Å²) in [7, 11) is 0. The van der Waals surface area contributed by atoms with Crippen molar-refractivity contribution in [3.05, 3.63) is 29.8 Å². The Hall–Kier alpha value is -1.51. The molecule has 0 amide bonds. The van der Waals surface area contributed by atoms with E-state index < -0.39 is 12.0 Å². The average molecular weight is 207 g/mol. The zero-order valence-corrected chi connectivity index (χ0v) is 9.32. The molecule has 1 aromatic rings. The SMILES string of the molecule is Cc1ccc(N[C@H](C(=O)O)C(C)C)cc1. The Kier molecular flexibility index (Phi) is 3.72. The highest BCUT2D eigenvalue weighted by atomic mass is 16.4. The first-order chi connectivity index (χ1) is 7.00. The Morgan fingerprint density at radius 3 is 2.20 bits per heavy atom. The normalized spacial score (nSPS) is 12.5. The quantitative estimate of drug-likeness (QED) is 0.797. The predicted molar refractivity (Wildman–Crippen MR) is 61.1 cm³/mol. The van der Waals surface area contributed by atoms with Crippen molar-refractivity contribution in [2.24, 2.45) is 5.92 Å². The number of nitrogens with one attached hydrogen (secondary N) is 1. The molecule has 0 fully saturated rings. The van der Waals surface area contributed by atoms with Crippen LogP contribution in [0, 0.1) is 12.8 Å². The summed E-state index contributed by atoms with van der Waals surface area (Å²) in [6, 6.07) is 7.18. The fourth-order valence-corrected chi connectivity index (χ4v) is 1.34. The third-order valence-corrected chi connectivity index (χ3v) is 2.31. The first-order valence-corrected chi connectivity index (χ1v) is 5.06. The lowest BCUT2D eigenvalue weighted by atomic mass is 10.0. The van der Waals surface area contributed by atoms with Gasteiger partial charge in [0.05, 0.1) is 0 Å². The van der Waals surface area contributed by atoms with Crippen molar-refractivity contribution in [3.63, 3.8) is 0 Å². The van der Waals surface area contributed by atoms with Crippen LogP contribution in [0.2, 0.25) is 0 Å². The van der Waals surface area contributed by atoms with Gasteiger partial charge in [0, 0.05) is 5.69 Å². The number of benzene rings is 1. The molecule has 0 unspecified atom stereocenters. The van der Waals surface area contributed by atoms with Crippen molar-refractivity contribution in [2.45, 2.75) is 26.8 Å². The summed E-state index contributed by atoms with van der Waals surface area (Å²) < 4.78 is 0. The third kappa shape index (κ3) is 3.27. The van der Waals surface area contributed by atoms with Crippen molar-refractivity contribution in [3.8, 4) is 0 Å². The molecule has 0 heterocycles. The highest BCUT2D eigenvalue weighted by molar-refractivity contribution is 5.77. The minimum absolute atomic E-state index is 0.0591. The number of aryl methyl sites for hydroxylation is 1. The van der Waals surface area contributed by atoms with Crippen molar-refractivity contribution in [1.82, 2.24) is 0 Å². The van der Waals surface area contributed by atoms with Crippen molar-refractivity contribution in [2.75, 3.05) is 5.32 Å². The molecule has 0 aliphatic carbocycles. The number of hydrogen-bond acceptors (Lipinski definition) is 2. The number of carbonyl (C=O) groups is 1. The molecule has 0 saturated heterocycles. The monoisotopic (exact) mass is 207 g/mol. The van der Waals surface area contributed by atoms with Gasteiger partial charge in [-0.2, -0.15) is 0 Å². The fraction of sp³-hybridized carbons (Fsp3) is 0.417. The first-order valence-electron chi connectivity index (χ1n) is 5.06. The second kappa shape index (κ2) is 4.82. The molecule has 0 aromatic heterocycles. The molecule has 3 nitrogen and oxygen atoms in total. The van der Waals surface area contributed by atoms with E-state index in [1.165, 1.54) is 0 Å². The summed E-state index contributed by atoms with van der Waals surface area (Å²) >= 11 is 0. The average Bonchev–Trinajstić information content (AvgIpc) is 2.15. The molecule has 0 bridgehead atoms. The third-order valence-electron chi connectivity index (χ3n) is 2.31. The summed E-state index contributed by atoms with van der Waals surface area (Å²) in [4.78, 5) is 10.9. The maximum absolute atomic E-state index is 10.9. The van der Waals surface area contributed by atoms with Crippen molar-refractivity contribution in [1.29, 1.82) is 0 Å². The summed E-state index contributed by atoms with van der Waals surface area (Å²) in [6.07, 6.45) is 0. The molecule has 2 N–H and O–H groups in total. The van der Waals surface area contributed by atoms with Gasteiger partial charge in [-0.25, -0.2) is 4.79 Å². The number of anilines is 1. The molecule has 1 aromatic carbocycles. The summed E-state index contributed by atoms with van der Waals surface area (Å²) in [5, 5.41) is 12.0. The lowest BCUT2D eigenvalue weighted by Gasteiger charge is -2.19. The summed E-state index contributed by atoms with van der Waals surface area (Å²) in [6.45, 7) is 5.78. The van der Waals surface area contributed by atoms with Crippen LogP contribution in [-0.4, -0.2) is 17.1 Å². The zero-order chi connectivity index (χ0) is 11.4. The van der Waals surface area contributed by atoms with E-state index >= 15 is 0 Å². The molecule has 15 heavy (non-hydrogen) atoms. The molecule has 0 spiro atoms. The molecule has 0 aliphatic heterocycles. The lowest BCUT2D eigenvalue weighted by molar-refractivity contribution is -0.138. The highest BCUT2D eigenvalue weighted by Gasteiger charge is 2.20. The smallest absolute Gasteiger partial charge is 0.326 e. The van der Waals surface area contributed by atoms with Gasteiger partial charge in [-0.05, 0) is 25.0 Å².